The van der Waals surface area contributed by atoms with E-state index in [4.69, 9.17) is 5.11 Å². The zero-order chi connectivity index (χ0) is 13.9. The molecule has 1 aromatic rings. The van der Waals surface area contributed by atoms with Gasteiger partial charge in [-0.05, 0) is 33.8 Å². The largest absolute Gasteiger partial charge is 0.481 e. The first kappa shape index (κ1) is 14.2. The maximum Gasteiger partial charge on any atom is 0.305 e. The highest BCUT2D eigenvalue weighted by Crippen LogP contribution is 2.11. The molecular weight excluding hydrogens is 234 g/mol. The third-order valence-electron chi connectivity index (χ3n) is 2.48. The van der Waals surface area contributed by atoms with E-state index in [2.05, 4.69) is 10.4 Å². The molecule has 1 heterocycles. The van der Waals surface area contributed by atoms with Crippen molar-refractivity contribution < 1.29 is 14.7 Å². The fourth-order valence-corrected chi connectivity index (χ4v) is 1.76. The van der Waals surface area contributed by atoms with Crippen molar-refractivity contribution in [2.24, 2.45) is 0 Å². The summed E-state index contributed by atoms with van der Waals surface area (Å²) in [5, 5.41) is 15.7. The quantitative estimate of drug-likeness (QED) is 0.825. The smallest absolute Gasteiger partial charge is 0.305 e. The summed E-state index contributed by atoms with van der Waals surface area (Å²) in [6.45, 7) is 7.66. The van der Waals surface area contributed by atoms with Crippen molar-refractivity contribution in [3.63, 3.8) is 0 Å². The zero-order valence-corrected chi connectivity index (χ0v) is 11.1. The first-order valence-electron chi connectivity index (χ1n) is 5.84. The molecule has 100 valence electrons. The van der Waals surface area contributed by atoms with Crippen LogP contribution in [0.25, 0.3) is 0 Å². The van der Waals surface area contributed by atoms with E-state index in [1.54, 1.807) is 24.6 Å². The Kier molecular flexibility index (Phi) is 4.11. The second kappa shape index (κ2) is 5.20. The molecule has 1 aromatic heterocycles. The van der Waals surface area contributed by atoms with Gasteiger partial charge in [-0.15, -0.1) is 0 Å². The van der Waals surface area contributed by atoms with E-state index < -0.39 is 11.5 Å². The molecule has 6 heteroatoms. The predicted octanol–water partition coefficient (Wildman–Crippen LogP) is 1.19. The number of carbonyl (C=O) groups excluding carboxylic acids is 1. The molecule has 0 aromatic carbocycles. The average Bonchev–Trinajstić information content (AvgIpc) is 2.56. The fraction of sp³-hybridized carbons (Fsp3) is 0.583. The summed E-state index contributed by atoms with van der Waals surface area (Å²) in [5.74, 6) is -1.25. The maximum absolute atomic E-state index is 12.1. The molecule has 0 fully saturated rings. The fourth-order valence-electron chi connectivity index (χ4n) is 1.76. The molecule has 6 nitrogen and oxygen atoms in total. The minimum absolute atomic E-state index is 0.127. The van der Waals surface area contributed by atoms with Crippen molar-refractivity contribution in [3.05, 3.63) is 17.5 Å². The molecule has 0 aliphatic rings. The summed E-state index contributed by atoms with van der Waals surface area (Å²) in [6, 6.07) is 1.69. The summed E-state index contributed by atoms with van der Waals surface area (Å²) in [5.41, 5.74) is 0.422. The molecule has 2 N–H and O–H groups in total. The Bertz CT molecular complexity index is 463. The molecule has 1 rings (SSSR count). The van der Waals surface area contributed by atoms with Crippen molar-refractivity contribution in [2.75, 3.05) is 0 Å². The van der Waals surface area contributed by atoms with Gasteiger partial charge >= 0.3 is 5.97 Å². The SMILES string of the molecule is CCn1nc(C)cc1C(=O)NC(C)(C)CC(=O)O. The van der Waals surface area contributed by atoms with E-state index in [1.165, 1.54) is 0 Å². The number of carbonyl (C=O) groups is 2. The van der Waals surface area contributed by atoms with Gasteiger partial charge in [-0.2, -0.15) is 5.10 Å². The average molecular weight is 253 g/mol. The van der Waals surface area contributed by atoms with Crippen LogP contribution in [0.5, 0.6) is 0 Å². The van der Waals surface area contributed by atoms with Crippen molar-refractivity contribution in [1.82, 2.24) is 15.1 Å². The van der Waals surface area contributed by atoms with E-state index in [-0.39, 0.29) is 12.3 Å². The molecule has 0 bridgehead atoms. The number of carboxylic acids is 1. The Balaban J connectivity index is 2.84. The number of aromatic nitrogens is 2. The van der Waals surface area contributed by atoms with Crippen LogP contribution >= 0.6 is 0 Å². The second-order valence-corrected chi connectivity index (χ2v) is 4.90. The molecule has 0 spiro atoms. The highest BCUT2D eigenvalue weighted by molar-refractivity contribution is 5.93. The summed E-state index contributed by atoms with van der Waals surface area (Å²) in [6.07, 6.45) is -0.127. The van der Waals surface area contributed by atoms with E-state index in [0.717, 1.165) is 5.69 Å². The van der Waals surface area contributed by atoms with E-state index in [9.17, 15) is 9.59 Å². The lowest BCUT2D eigenvalue weighted by molar-refractivity contribution is -0.138. The summed E-state index contributed by atoms with van der Waals surface area (Å²) in [4.78, 5) is 22.8. The van der Waals surface area contributed by atoms with Crippen LogP contribution in [-0.2, 0) is 11.3 Å². The van der Waals surface area contributed by atoms with Gasteiger partial charge in [0, 0.05) is 12.1 Å². The predicted molar refractivity (Wildman–Crippen MR) is 66.4 cm³/mol. The molecule has 0 saturated heterocycles. The van der Waals surface area contributed by atoms with Crippen LogP contribution in [0.4, 0.5) is 0 Å². The van der Waals surface area contributed by atoms with Gasteiger partial charge in [0.05, 0.1) is 12.1 Å². The Morgan fingerprint density at radius 1 is 1.50 bits per heavy atom. The molecule has 0 radical (unpaired) electrons. The molecule has 18 heavy (non-hydrogen) atoms. The van der Waals surface area contributed by atoms with Crippen molar-refractivity contribution >= 4 is 11.9 Å². The number of nitrogens with zero attached hydrogens (tertiary/aromatic N) is 2. The monoisotopic (exact) mass is 253 g/mol. The Labute approximate surface area is 106 Å². The normalized spacial score (nSPS) is 11.3. The van der Waals surface area contributed by atoms with Gasteiger partial charge in [0.1, 0.15) is 5.69 Å². The van der Waals surface area contributed by atoms with Gasteiger partial charge in [0.25, 0.3) is 5.91 Å². The Morgan fingerprint density at radius 2 is 2.11 bits per heavy atom. The van der Waals surface area contributed by atoms with E-state index in [1.807, 2.05) is 13.8 Å². The minimum atomic E-state index is -0.944. The minimum Gasteiger partial charge on any atom is -0.481 e. The van der Waals surface area contributed by atoms with Crippen molar-refractivity contribution in [1.29, 1.82) is 0 Å². The Hall–Kier alpha value is -1.85. The van der Waals surface area contributed by atoms with Gasteiger partial charge in [0.2, 0.25) is 0 Å². The number of nitrogens with one attached hydrogen (secondary N) is 1. The van der Waals surface area contributed by atoms with Gasteiger partial charge in [-0.1, -0.05) is 0 Å². The van der Waals surface area contributed by atoms with E-state index >= 15 is 0 Å². The number of carboxylic acid groups (broad SMARTS) is 1. The third kappa shape index (κ3) is 3.58. The van der Waals surface area contributed by atoms with Crippen LogP contribution < -0.4 is 5.32 Å². The van der Waals surface area contributed by atoms with Gasteiger partial charge in [0.15, 0.2) is 0 Å². The lowest BCUT2D eigenvalue weighted by Gasteiger charge is -2.24. The van der Waals surface area contributed by atoms with Gasteiger partial charge in [-0.25, -0.2) is 0 Å². The van der Waals surface area contributed by atoms with Crippen molar-refractivity contribution in [2.45, 2.75) is 46.2 Å². The van der Waals surface area contributed by atoms with Crippen LogP contribution in [0.2, 0.25) is 0 Å². The topological polar surface area (TPSA) is 84.2 Å². The van der Waals surface area contributed by atoms with Gasteiger partial charge < -0.3 is 10.4 Å². The molecule has 0 aliphatic carbocycles. The highest BCUT2D eigenvalue weighted by atomic mass is 16.4. The standard InChI is InChI=1S/C12H19N3O3/c1-5-15-9(6-8(2)14-15)11(18)13-12(3,4)7-10(16)17/h6H,5,7H2,1-4H3,(H,13,18)(H,16,17). The molecule has 0 aliphatic heterocycles. The molecule has 0 atom stereocenters. The van der Waals surface area contributed by atoms with E-state index in [0.29, 0.717) is 12.2 Å². The summed E-state index contributed by atoms with van der Waals surface area (Å²) in [7, 11) is 0. The van der Waals surface area contributed by atoms with Crippen LogP contribution in [0.3, 0.4) is 0 Å². The van der Waals surface area contributed by atoms with Gasteiger partial charge in [-0.3, -0.25) is 14.3 Å². The lowest BCUT2D eigenvalue weighted by Crippen LogP contribution is -2.45. The van der Waals surface area contributed by atoms with Crippen LogP contribution in [0, 0.1) is 6.92 Å². The second-order valence-electron chi connectivity index (χ2n) is 4.90. The maximum atomic E-state index is 12.1. The first-order valence-corrected chi connectivity index (χ1v) is 5.84. The highest BCUT2D eigenvalue weighted by Gasteiger charge is 2.25. The van der Waals surface area contributed by atoms with Crippen LogP contribution in [-0.4, -0.2) is 32.3 Å². The lowest BCUT2D eigenvalue weighted by atomic mass is 10.0. The molecule has 0 saturated carbocycles. The summed E-state index contributed by atoms with van der Waals surface area (Å²) >= 11 is 0. The zero-order valence-electron chi connectivity index (χ0n) is 11.1. The number of amides is 1. The molecular formula is C12H19N3O3. The first-order chi connectivity index (χ1) is 8.25. The number of hydrogen-bond acceptors (Lipinski definition) is 3. The number of aliphatic carboxylic acids is 1. The summed E-state index contributed by atoms with van der Waals surface area (Å²) < 4.78 is 1.60. The van der Waals surface area contributed by atoms with Crippen LogP contribution in [0.1, 0.15) is 43.4 Å². The number of aryl methyl sites for hydroxylation is 2. The van der Waals surface area contributed by atoms with Crippen LogP contribution in [0.15, 0.2) is 6.07 Å². The third-order valence-corrected chi connectivity index (χ3v) is 2.48. The molecule has 1 amide bonds. The Morgan fingerprint density at radius 3 is 2.61 bits per heavy atom. The van der Waals surface area contributed by atoms with Crippen molar-refractivity contribution in [3.8, 4) is 0 Å². The number of rotatable bonds is 5. The molecule has 0 unspecified atom stereocenters. The number of hydrogen-bond donors (Lipinski definition) is 2.